The Bertz CT molecular complexity index is 561. The van der Waals surface area contributed by atoms with Gasteiger partial charge in [-0.25, -0.2) is 4.79 Å². The van der Waals surface area contributed by atoms with Gasteiger partial charge in [0.2, 0.25) is 0 Å². The molecule has 0 spiro atoms. The second-order valence-electron chi connectivity index (χ2n) is 4.39. The van der Waals surface area contributed by atoms with Crippen molar-refractivity contribution < 1.29 is 14.6 Å². The summed E-state index contributed by atoms with van der Waals surface area (Å²) in [5.41, 5.74) is 2.30. The number of carbonyl (C=O) groups is 1. The van der Waals surface area contributed by atoms with Gasteiger partial charge < -0.3 is 9.84 Å². The summed E-state index contributed by atoms with van der Waals surface area (Å²) in [5.74, 6) is -0.535. The SMILES string of the molecule is Cc1ccc(OCCc2ccccc2)c(C(=O)O)c1. The summed E-state index contributed by atoms with van der Waals surface area (Å²) >= 11 is 0. The Morgan fingerprint density at radius 3 is 2.58 bits per heavy atom. The lowest BCUT2D eigenvalue weighted by Crippen LogP contribution is -2.06. The van der Waals surface area contributed by atoms with Crippen LogP contribution in [0.3, 0.4) is 0 Å². The molecule has 0 bridgehead atoms. The third-order valence-corrected chi connectivity index (χ3v) is 2.86. The quantitative estimate of drug-likeness (QED) is 0.892. The van der Waals surface area contributed by atoms with Crippen LogP contribution in [0.2, 0.25) is 0 Å². The minimum absolute atomic E-state index is 0.216. The number of aryl methyl sites for hydroxylation is 1. The first-order chi connectivity index (χ1) is 9.16. The molecule has 0 saturated heterocycles. The van der Waals surface area contributed by atoms with Crippen LogP contribution in [-0.4, -0.2) is 17.7 Å². The Labute approximate surface area is 112 Å². The van der Waals surface area contributed by atoms with Crippen molar-refractivity contribution in [3.05, 3.63) is 65.2 Å². The van der Waals surface area contributed by atoms with Crippen LogP contribution in [-0.2, 0) is 6.42 Å². The topological polar surface area (TPSA) is 46.5 Å². The summed E-state index contributed by atoms with van der Waals surface area (Å²) in [6.07, 6.45) is 0.758. The second kappa shape index (κ2) is 6.05. The van der Waals surface area contributed by atoms with Crippen LogP contribution in [0.4, 0.5) is 0 Å². The zero-order valence-electron chi connectivity index (χ0n) is 10.8. The highest BCUT2D eigenvalue weighted by atomic mass is 16.5. The van der Waals surface area contributed by atoms with Crippen LogP contribution in [0.25, 0.3) is 0 Å². The fourth-order valence-corrected chi connectivity index (χ4v) is 1.86. The normalized spacial score (nSPS) is 10.2. The van der Waals surface area contributed by atoms with Crippen LogP contribution < -0.4 is 4.74 Å². The molecule has 2 rings (SSSR count). The second-order valence-corrected chi connectivity index (χ2v) is 4.39. The molecule has 2 aromatic rings. The summed E-state index contributed by atoms with van der Waals surface area (Å²) in [5, 5.41) is 9.13. The summed E-state index contributed by atoms with van der Waals surface area (Å²) < 4.78 is 5.58. The molecule has 1 N–H and O–H groups in total. The molecule has 0 saturated carbocycles. The van der Waals surface area contributed by atoms with E-state index in [1.54, 1.807) is 12.1 Å². The van der Waals surface area contributed by atoms with Gasteiger partial charge in [-0.3, -0.25) is 0 Å². The smallest absolute Gasteiger partial charge is 0.339 e. The average molecular weight is 256 g/mol. The average Bonchev–Trinajstić information content (AvgIpc) is 2.41. The molecule has 0 aliphatic carbocycles. The van der Waals surface area contributed by atoms with E-state index in [4.69, 9.17) is 9.84 Å². The van der Waals surface area contributed by atoms with Crippen molar-refractivity contribution in [3.63, 3.8) is 0 Å². The maximum Gasteiger partial charge on any atom is 0.339 e. The van der Waals surface area contributed by atoms with Gasteiger partial charge in [-0.05, 0) is 24.6 Å². The van der Waals surface area contributed by atoms with Crippen molar-refractivity contribution in [1.82, 2.24) is 0 Å². The minimum Gasteiger partial charge on any atom is -0.492 e. The standard InChI is InChI=1S/C16H16O3/c1-12-7-8-15(14(11-12)16(17)18)19-10-9-13-5-3-2-4-6-13/h2-8,11H,9-10H2,1H3,(H,17,18). The molecule has 0 radical (unpaired) electrons. The molecule has 0 atom stereocenters. The molecule has 2 aromatic carbocycles. The van der Waals surface area contributed by atoms with E-state index in [2.05, 4.69) is 0 Å². The zero-order chi connectivity index (χ0) is 13.7. The predicted molar refractivity (Wildman–Crippen MR) is 73.8 cm³/mol. The van der Waals surface area contributed by atoms with E-state index < -0.39 is 5.97 Å². The van der Waals surface area contributed by atoms with Crippen molar-refractivity contribution in [2.45, 2.75) is 13.3 Å². The molecule has 98 valence electrons. The first-order valence-electron chi connectivity index (χ1n) is 6.17. The number of hydrogen-bond acceptors (Lipinski definition) is 2. The Balaban J connectivity index is 2.02. The predicted octanol–water partition coefficient (Wildman–Crippen LogP) is 3.31. The van der Waals surface area contributed by atoms with E-state index in [0.717, 1.165) is 12.0 Å². The molecule has 0 unspecified atom stereocenters. The number of hydrogen-bond donors (Lipinski definition) is 1. The minimum atomic E-state index is -0.960. The molecule has 0 aromatic heterocycles. The molecule has 3 nitrogen and oxygen atoms in total. The highest BCUT2D eigenvalue weighted by molar-refractivity contribution is 5.91. The van der Waals surface area contributed by atoms with E-state index in [1.165, 1.54) is 5.56 Å². The van der Waals surface area contributed by atoms with Crippen molar-refractivity contribution in [2.75, 3.05) is 6.61 Å². The number of aromatic carboxylic acids is 1. The van der Waals surface area contributed by atoms with E-state index in [-0.39, 0.29) is 5.56 Å². The van der Waals surface area contributed by atoms with Gasteiger partial charge in [0.25, 0.3) is 0 Å². The van der Waals surface area contributed by atoms with Gasteiger partial charge in [0.15, 0.2) is 0 Å². The van der Waals surface area contributed by atoms with Crippen LogP contribution in [0.5, 0.6) is 5.75 Å². The van der Waals surface area contributed by atoms with Crippen LogP contribution in [0.1, 0.15) is 21.5 Å². The highest BCUT2D eigenvalue weighted by Gasteiger charge is 2.11. The molecular formula is C16H16O3. The van der Waals surface area contributed by atoms with Crippen LogP contribution in [0.15, 0.2) is 48.5 Å². The zero-order valence-corrected chi connectivity index (χ0v) is 10.8. The van der Waals surface area contributed by atoms with Gasteiger partial charge in [-0.15, -0.1) is 0 Å². The lowest BCUT2D eigenvalue weighted by atomic mass is 10.1. The summed E-state index contributed by atoms with van der Waals surface area (Å²) in [7, 11) is 0. The van der Waals surface area contributed by atoms with E-state index in [9.17, 15) is 4.79 Å². The molecule has 0 aliphatic heterocycles. The molecule has 19 heavy (non-hydrogen) atoms. The molecule has 0 fully saturated rings. The third-order valence-electron chi connectivity index (χ3n) is 2.86. The first-order valence-corrected chi connectivity index (χ1v) is 6.17. The lowest BCUT2D eigenvalue weighted by molar-refractivity contribution is 0.0692. The molecule has 0 heterocycles. The number of carboxylic acids is 1. The van der Waals surface area contributed by atoms with E-state index in [1.807, 2.05) is 43.3 Å². The van der Waals surface area contributed by atoms with Gasteiger partial charge in [-0.1, -0.05) is 42.0 Å². The van der Waals surface area contributed by atoms with Gasteiger partial charge in [-0.2, -0.15) is 0 Å². The van der Waals surface area contributed by atoms with Crippen molar-refractivity contribution in [3.8, 4) is 5.75 Å². The third kappa shape index (κ3) is 3.58. The van der Waals surface area contributed by atoms with Crippen molar-refractivity contribution >= 4 is 5.97 Å². The molecular weight excluding hydrogens is 240 g/mol. The maximum atomic E-state index is 11.1. The fraction of sp³-hybridized carbons (Fsp3) is 0.188. The number of ether oxygens (including phenoxy) is 1. The van der Waals surface area contributed by atoms with Crippen molar-refractivity contribution in [1.29, 1.82) is 0 Å². The van der Waals surface area contributed by atoms with Crippen LogP contribution in [0, 0.1) is 6.92 Å². The summed E-state index contributed by atoms with van der Waals surface area (Å²) in [6.45, 7) is 2.33. The molecule has 0 aliphatic rings. The first kappa shape index (κ1) is 13.1. The Hall–Kier alpha value is -2.29. The summed E-state index contributed by atoms with van der Waals surface area (Å²) in [6, 6.07) is 15.2. The van der Waals surface area contributed by atoms with Crippen molar-refractivity contribution in [2.24, 2.45) is 0 Å². The Morgan fingerprint density at radius 1 is 1.16 bits per heavy atom. The lowest BCUT2D eigenvalue weighted by Gasteiger charge is -2.09. The summed E-state index contributed by atoms with van der Waals surface area (Å²) in [4.78, 5) is 11.1. The van der Waals surface area contributed by atoms with Crippen LogP contribution >= 0.6 is 0 Å². The fourth-order valence-electron chi connectivity index (χ4n) is 1.86. The van der Waals surface area contributed by atoms with E-state index >= 15 is 0 Å². The number of benzene rings is 2. The Morgan fingerprint density at radius 2 is 1.89 bits per heavy atom. The maximum absolute atomic E-state index is 11.1. The van der Waals surface area contributed by atoms with E-state index in [0.29, 0.717) is 12.4 Å². The molecule has 3 heteroatoms. The number of rotatable bonds is 5. The number of carboxylic acid groups (broad SMARTS) is 1. The monoisotopic (exact) mass is 256 g/mol. The Kier molecular flexibility index (Phi) is 4.18. The van der Waals surface area contributed by atoms with Gasteiger partial charge in [0, 0.05) is 6.42 Å². The van der Waals surface area contributed by atoms with Gasteiger partial charge >= 0.3 is 5.97 Å². The van der Waals surface area contributed by atoms with Gasteiger partial charge in [0.05, 0.1) is 6.61 Å². The van der Waals surface area contributed by atoms with Gasteiger partial charge in [0.1, 0.15) is 11.3 Å². The molecule has 0 amide bonds. The largest absolute Gasteiger partial charge is 0.492 e. The highest BCUT2D eigenvalue weighted by Crippen LogP contribution is 2.20.